The maximum atomic E-state index is 12.8. The van der Waals surface area contributed by atoms with E-state index in [1.807, 2.05) is 38.1 Å². The molecule has 2 N–H and O–H groups in total. The predicted molar refractivity (Wildman–Crippen MR) is 123 cm³/mol. The van der Waals surface area contributed by atoms with E-state index in [2.05, 4.69) is 24.1 Å². The molecule has 0 spiro atoms. The van der Waals surface area contributed by atoms with Crippen LogP contribution in [0.3, 0.4) is 0 Å². The first kappa shape index (κ1) is 21.2. The van der Waals surface area contributed by atoms with Crippen LogP contribution in [0.4, 0.5) is 11.4 Å². The fourth-order valence-electron chi connectivity index (χ4n) is 4.25. The Bertz CT molecular complexity index is 982. The van der Waals surface area contributed by atoms with Gasteiger partial charge in [-0.2, -0.15) is 0 Å². The van der Waals surface area contributed by atoms with Crippen molar-refractivity contribution >= 4 is 41.5 Å². The molecule has 0 aromatic heterocycles. The lowest BCUT2D eigenvalue weighted by atomic mass is 9.78. The molecule has 0 saturated carbocycles. The Labute approximate surface area is 183 Å². The fourth-order valence-corrected chi connectivity index (χ4v) is 4.51. The predicted octanol–water partition coefficient (Wildman–Crippen LogP) is 4.17. The van der Waals surface area contributed by atoms with Gasteiger partial charge in [-0.15, -0.1) is 0 Å². The molecule has 1 amide bonds. The normalized spacial score (nSPS) is 19.5. The summed E-state index contributed by atoms with van der Waals surface area (Å²) in [4.78, 5) is 15.1. The summed E-state index contributed by atoms with van der Waals surface area (Å²) in [5.41, 5.74) is 3.48. The van der Waals surface area contributed by atoms with Gasteiger partial charge in [0.05, 0.1) is 16.2 Å². The van der Waals surface area contributed by atoms with Gasteiger partial charge < -0.3 is 19.9 Å². The van der Waals surface area contributed by atoms with Gasteiger partial charge in [0.25, 0.3) is 5.91 Å². The molecule has 0 radical (unpaired) electrons. The minimum Gasteiger partial charge on any atom is -0.423 e. The van der Waals surface area contributed by atoms with Crippen LogP contribution >= 0.6 is 11.6 Å². The largest absolute Gasteiger partial charge is 0.492 e. The van der Waals surface area contributed by atoms with Crippen LogP contribution in [0.25, 0.3) is 0 Å². The third-order valence-corrected chi connectivity index (χ3v) is 6.62. The highest BCUT2D eigenvalue weighted by Gasteiger charge is 2.40. The van der Waals surface area contributed by atoms with Crippen LogP contribution in [0.15, 0.2) is 36.4 Å². The second-order valence-electron chi connectivity index (χ2n) is 9.55. The summed E-state index contributed by atoms with van der Waals surface area (Å²) < 4.78 is 5.58. The number of hydrogen-bond acceptors (Lipinski definition) is 4. The molecule has 1 fully saturated rings. The summed E-state index contributed by atoms with van der Waals surface area (Å²) in [6, 6.07) is 11.1. The van der Waals surface area contributed by atoms with Crippen molar-refractivity contribution in [2.45, 2.75) is 46.1 Å². The van der Waals surface area contributed by atoms with E-state index in [9.17, 15) is 9.82 Å². The molecule has 30 heavy (non-hydrogen) atoms. The number of nitrogens with zero attached hydrogens (tertiary/aromatic N) is 1. The first-order valence-electron chi connectivity index (χ1n) is 10.4. The second-order valence-corrected chi connectivity index (χ2v) is 9.96. The third kappa shape index (κ3) is 4.09. The van der Waals surface area contributed by atoms with Gasteiger partial charge in [0.15, 0.2) is 0 Å². The Morgan fingerprint density at radius 3 is 2.50 bits per heavy atom. The lowest BCUT2D eigenvalue weighted by molar-refractivity contribution is 0.100. The van der Waals surface area contributed by atoms with Crippen molar-refractivity contribution in [3.63, 3.8) is 0 Å². The van der Waals surface area contributed by atoms with E-state index >= 15 is 0 Å². The molecular weight excluding hydrogens is 399 g/mol. The average molecular weight is 427 g/mol. The van der Waals surface area contributed by atoms with Crippen molar-refractivity contribution in [3.8, 4) is 0 Å². The zero-order chi connectivity index (χ0) is 21.7. The monoisotopic (exact) mass is 426 g/mol. The molecule has 2 aliphatic rings. The number of halogens is 1. The maximum Gasteiger partial charge on any atom is 0.492 e. The van der Waals surface area contributed by atoms with E-state index in [4.69, 9.17) is 16.3 Å². The van der Waals surface area contributed by atoms with Crippen molar-refractivity contribution < 1.29 is 14.5 Å². The number of rotatable bonds is 3. The standard InChI is InChI=1S/C23H28BClN2O3/c1-22(2)9-11-27(12-10-22)16-6-7-17(20(25)14-16)21(28)26-15-5-8-18-19(13-15)24(29)30-23(18,3)4/h5-8,13-14,29H,9-12H2,1-4H3,(H,26,28). The van der Waals surface area contributed by atoms with Crippen LogP contribution in [0.1, 0.15) is 56.5 Å². The van der Waals surface area contributed by atoms with Crippen LogP contribution in [0.5, 0.6) is 0 Å². The molecular formula is C23H28BClN2O3. The van der Waals surface area contributed by atoms with E-state index in [0.717, 1.165) is 37.2 Å². The topological polar surface area (TPSA) is 61.8 Å². The molecule has 1 saturated heterocycles. The third-order valence-electron chi connectivity index (χ3n) is 6.31. The molecule has 7 heteroatoms. The van der Waals surface area contributed by atoms with Gasteiger partial charge in [-0.25, -0.2) is 0 Å². The minimum atomic E-state index is -0.996. The van der Waals surface area contributed by atoms with Crippen LogP contribution in [-0.2, 0) is 10.3 Å². The lowest BCUT2D eigenvalue weighted by Crippen LogP contribution is -2.37. The number of amides is 1. The molecule has 2 aromatic carbocycles. The molecule has 2 heterocycles. The van der Waals surface area contributed by atoms with Crippen LogP contribution in [-0.4, -0.2) is 31.1 Å². The zero-order valence-electron chi connectivity index (χ0n) is 18.0. The summed E-state index contributed by atoms with van der Waals surface area (Å²) in [6.45, 7) is 10.4. The van der Waals surface area contributed by atoms with Gasteiger partial charge in [-0.3, -0.25) is 4.79 Å². The smallest absolute Gasteiger partial charge is 0.423 e. The number of benzene rings is 2. The number of carbonyl (C=O) groups excluding carboxylic acids is 1. The Morgan fingerprint density at radius 2 is 1.83 bits per heavy atom. The Balaban J connectivity index is 1.49. The van der Waals surface area contributed by atoms with Crippen LogP contribution in [0.2, 0.25) is 5.02 Å². The molecule has 0 aliphatic carbocycles. The van der Waals surface area contributed by atoms with Crippen molar-refractivity contribution in [2.24, 2.45) is 5.41 Å². The van der Waals surface area contributed by atoms with Crippen molar-refractivity contribution in [1.29, 1.82) is 0 Å². The summed E-state index contributed by atoms with van der Waals surface area (Å²) in [5, 5.41) is 13.5. The summed E-state index contributed by atoms with van der Waals surface area (Å²) >= 11 is 6.47. The first-order chi connectivity index (χ1) is 14.1. The number of anilines is 2. The molecule has 2 aromatic rings. The zero-order valence-corrected chi connectivity index (χ0v) is 18.7. The van der Waals surface area contributed by atoms with Gasteiger partial charge in [-0.1, -0.05) is 31.5 Å². The molecule has 2 aliphatic heterocycles. The Hall–Kier alpha value is -2.02. The first-order valence-corrected chi connectivity index (χ1v) is 10.8. The van der Waals surface area contributed by atoms with Crippen molar-refractivity contribution in [3.05, 3.63) is 52.5 Å². The fraction of sp³-hybridized carbons (Fsp3) is 0.435. The molecule has 4 rings (SSSR count). The Morgan fingerprint density at radius 1 is 1.13 bits per heavy atom. The summed E-state index contributed by atoms with van der Waals surface area (Å²) in [5.74, 6) is -0.279. The highest BCUT2D eigenvalue weighted by molar-refractivity contribution is 6.62. The highest BCUT2D eigenvalue weighted by atomic mass is 35.5. The number of piperidine rings is 1. The van der Waals surface area contributed by atoms with E-state index in [0.29, 0.717) is 27.2 Å². The van der Waals surface area contributed by atoms with Crippen molar-refractivity contribution in [1.82, 2.24) is 0 Å². The van der Waals surface area contributed by atoms with E-state index < -0.39 is 12.7 Å². The molecule has 158 valence electrons. The van der Waals surface area contributed by atoms with Gasteiger partial charge in [-0.05, 0) is 73.5 Å². The summed E-state index contributed by atoms with van der Waals surface area (Å²) in [6.07, 6.45) is 2.27. The molecule has 5 nitrogen and oxygen atoms in total. The number of nitrogens with one attached hydrogen (secondary N) is 1. The summed E-state index contributed by atoms with van der Waals surface area (Å²) in [7, 11) is -0.996. The minimum absolute atomic E-state index is 0.279. The quantitative estimate of drug-likeness (QED) is 0.723. The van der Waals surface area contributed by atoms with E-state index in [1.165, 1.54) is 0 Å². The van der Waals surface area contributed by atoms with Gasteiger partial charge in [0, 0.05) is 24.5 Å². The number of hydrogen-bond donors (Lipinski definition) is 2. The molecule has 0 bridgehead atoms. The van der Waals surface area contributed by atoms with Crippen LogP contribution < -0.4 is 15.7 Å². The Kier molecular flexibility index (Phi) is 5.37. The molecule has 0 unspecified atom stereocenters. The highest BCUT2D eigenvalue weighted by Crippen LogP contribution is 2.34. The number of carbonyl (C=O) groups is 1. The second kappa shape index (κ2) is 7.59. The average Bonchev–Trinajstić information content (AvgIpc) is 2.89. The molecule has 0 atom stereocenters. The SMILES string of the molecule is CC1(C)CCN(c2ccc(C(=O)Nc3ccc4c(c3)B(O)OC4(C)C)c(Cl)c2)CC1. The van der Waals surface area contributed by atoms with Gasteiger partial charge >= 0.3 is 7.12 Å². The van der Waals surface area contributed by atoms with Crippen molar-refractivity contribution in [2.75, 3.05) is 23.3 Å². The van der Waals surface area contributed by atoms with E-state index in [-0.39, 0.29) is 5.91 Å². The lowest BCUT2D eigenvalue weighted by Gasteiger charge is -2.38. The van der Waals surface area contributed by atoms with E-state index in [1.54, 1.807) is 12.1 Å². The van der Waals surface area contributed by atoms with Crippen LogP contribution in [0, 0.1) is 5.41 Å². The van der Waals surface area contributed by atoms with Gasteiger partial charge in [0.1, 0.15) is 0 Å². The number of fused-ring (bicyclic) bond motifs is 1. The van der Waals surface area contributed by atoms with Gasteiger partial charge in [0.2, 0.25) is 0 Å². The maximum absolute atomic E-state index is 12.8.